The summed E-state index contributed by atoms with van der Waals surface area (Å²) in [7, 11) is 1.54. The Hall–Kier alpha value is -4.57. The molecule has 0 fully saturated rings. The van der Waals surface area contributed by atoms with Crippen molar-refractivity contribution < 1.29 is 34.1 Å². The van der Waals surface area contributed by atoms with Crippen molar-refractivity contribution in [3.05, 3.63) is 89.5 Å². The van der Waals surface area contributed by atoms with E-state index in [0.717, 1.165) is 12.0 Å². The van der Waals surface area contributed by atoms with Gasteiger partial charge in [0.25, 0.3) is 5.91 Å². The number of ether oxygens (including phenoxy) is 2. The van der Waals surface area contributed by atoms with Crippen LogP contribution < -0.4 is 15.4 Å². The predicted octanol–water partition coefficient (Wildman–Crippen LogP) is 4.60. The Balaban J connectivity index is 2.03. The van der Waals surface area contributed by atoms with Gasteiger partial charge in [0, 0.05) is 18.7 Å². The minimum atomic E-state index is -1.16. The number of aryl methyl sites for hydroxylation is 1. The zero-order chi connectivity index (χ0) is 31.6. The third kappa shape index (κ3) is 9.75. The van der Waals surface area contributed by atoms with Crippen molar-refractivity contribution in [2.75, 3.05) is 25.6 Å². The molecule has 230 valence electrons. The summed E-state index contributed by atoms with van der Waals surface area (Å²) in [5.41, 5.74) is 1.91. The summed E-state index contributed by atoms with van der Waals surface area (Å²) >= 11 is 0. The van der Waals surface area contributed by atoms with Gasteiger partial charge in [-0.3, -0.25) is 9.59 Å². The monoisotopic (exact) mass is 591 g/mol. The van der Waals surface area contributed by atoms with Gasteiger partial charge >= 0.3 is 6.09 Å². The number of alkyl carbamates (subject to hydrolysis) is 1. The molecule has 43 heavy (non-hydrogen) atoms. The molecule has 0 aliphatic carbocycles. The first-order valence-electron chi connectivity index (χ1n) is 14.2. The molecule has 0 spiro atoms. The van der Waals surface area contributed by atoms with E-state index in [4.69, 9.17) is 9.47 Å². The van der Waals surface area contributed by atoms with Crippen LogP contribution in [0, 0.1) is 0 Å². The molecule has 3 aromatic carbocycles. The number of nitrogens with zero attached hydrogens (tertiary/aromatic N) is 1. The van der Waals surface area contributed by atoms with Crippen LogP contribution in [0.25, 0.3) is 0 Å². The van der Waals surface area contributed by atoms with Crippen molar-refractivity contribution in [3.8, 4) is 11.5 Å². The van der Waals surface area contributed by atoms with Gasteiger partial charge < -0.3 is 35.2 Å². The number of hydrogen-bond donors (Lipinski definition) is 4. The van der Waals surface area contributed by atoms with E-state index in [1.165, 1.54) is 17.0 Å². The number of aliphatic hydroxyl groups excluding tert-OH is 1. The van der Waals surface area contributed by atoms with E-state index in [9.17, 15) is 24.6 Å². The molecule has 4 N–H and O–H groups in total. The Morgan fingerprint density at radius 1 is 0.907 bits per heavy atom. The van der Waals surface area contributed by atoms with Crippen LogP contribution in [0.15, 0.2) is 72.8 Å². The maximum absolute atomic E-state index is 14.3. The Kier molecular flexibility index (Phi) is 11.5. The molecule has 0 saturated heterocycles. The van der Waals surface area contributed by atoms with E-state index in [2.05, 4.69) is 10.6 Å². The highest BCUT2D eigenvalue weighted by Gasteiger charge is 2.36. The second-order valence-corrected chi connectivity index (χ2v) is 11.0. The highest BCUT2D eigenvalue weighted by molar-refractivity contribution is 5.99. The standard InChI is InChI=1S/C33H41N3O7/c1-6-22-7-11-24(12-8-22)29(30(39)34-25-13-17-27(42-5)18-14-25)36(19-20-37)31(40)28(35-32(41)43-33(2,3)4)21-23-9-15-26(38)16-10-23/h7-18,28-29,37-38H,6,19-21H2,1-5H3,(H,34,39)(H,35,41). The molecular weight excluding hydrogens is 550 g/mol. The van der Waals surface area contributed by atoms with Gasteiger partial charge in [-0.2, -0.15) is 0 Å². The number of nitrogens with one attached hydrogen (secondary N) is 2. The van der Waals surface area contributed by atoms with Gasteiger partial charge in [-0.15, -0.1) is 0 Å². The summed E-state index contributed by atoms with van der Waals surface area (Å²) < 4.78 is 10.6. The Morgan fingerprint density at radius 2 is 1.51 bits per heavy atom. The number of benzene rings is 3. The summed E-state index contributed by atoms with van der Waals surface area (Å²) in [5.74, 6) is -0.425. The van der Waals surface area contributed by atoms with E-state index >= 15 is 0 Å². The SMILES string of the molecule is CCc1ccc(C(C(=O)Nc2ccc(OC)cc2)N(CCO)C(=O)C(Cc2ccc(O)cc2)NC(=O)OC(C)(C)C)cc1. The largest absolute Gasteiger partial charge is 0.508 e. The average molecular weight is 592 g/mol. The van der Waals surface area contributed by atoms with E-state index in [1.54, 1.807) is 76.4 Å². The van der Waals surface area contributed by atoms with Crippen LogP contribution in [-0.4, -0.2) is 64.9 Å². The summed E-state index contributed by atoms with van der Waals surface area (Å²) in [6.45, 7) is 6.53. The average Bonchev–Trinajstić information content (AvgIpc) is 2.97. The Labute approximate surface area is 252 Å². The van der Waals surface area contributed by atoms with E-state index in [0.29, 0.717) is 22.6 Å². The van der Waals surface area contributed by atoms with Crippen molar-refractivity contribution in [3.63, 3.8) is 0 Å². The van der Waals surface area contributed by atoms with Crippen molar-refractivity contribution in [1.29, 1.82) is 0 Å². The van der Waals surface area contributed by atoms with Crippen molar-refractivity contribution >= 4 is 23.6 Å². The van der Waals surface area contributed by atoms with Crippen LogP contribution in [0.3, 0.4) is 0 Å². The third-order valence-corrected chi connectivity index (χ3v) is 6.61. The normalized spacial score (nSPS) is 12.5. The van der Waals surface area contributed by atoms with Crippen molar-refractivity contribution in [1.82, 2.24) is 10.2 Å². The maximum Gasteiger partial charge on any atom is 0.408 e. The van der Waals surface area contributed by atoms with Gasteiger partial charge in [-0.05, 0) is 80.3 Å². The lowest BCUT2D eigenvalue weighted by Crippen LogP contribution is -2.53. The molecule has 3 rings (SSSR count). The van der Waals surface area contributed by atoms with Crippen LogP contribution in [0.5, 0.6) is 11.5 Å². The van der Waals surface area contributed by atoms with E-state index in [1.807, 2.05) is 19.1 Å². The fraction of sp³-hybridized carbons (Fsp3) is 0.364. The molecule has 3 amide bonds. The molecule has 10 heteroatoms. The first kappa shape index (κ1) is 32.9. The quantitative estimate of drug-likeness (QED) is 0.242. The van der Waals surface area contributed by atoms with Crippen molar-refractivity contribution in [2.24, 2.45) is 0 Å². The fourth-order valence-corrected chi connectivity index (χ4v) is 4.49. The summed E-state index contributed by atoms with van der Waals surface area (Å²) in [5, 5.41) is 25.3. The number of anilines is 1. The van der Waals surface area contributed by atoms with Gasteiger partial charge in [-0.25, -0.2) is 4.79 Å². The molecule has 0 bridgehead atoms. The number of hydrogen-bond acceptors (Lipinski definition) is 7. The lowest BCUT2D eigenvalue weighted by molar-refractivity contribution is -0.141. The third-order valence-electron chi connectivity index (χ3n) is 6.61. The van der Waals surface area contributed by atoms with Crippen LogP contribution in [0.1, 0.15) is 50.4 Å². The Bertz CT molecular complexity index is 1350. The molecule has 3 aromatic rings. The number of phenolic OH excluding ortho intramolecular Hbond substituents is 1. The molecule has 0 saturated carbocycles. The number of aliphatic hydroxyl groups is 1. The number of rotatable bonds is 12. The number of carbonyl (C=O) groups is 3. The van der Waals surface area contributed by atoms with Crippen LogP contribution in [0.2, 0.25) is 0 Å². The van der Waals surface area contributed by atoms with Gasteiger partial charge in [0.2, 0.25) is 5.91 Å². The van der Waals surface area contributed by atoms with Gasteiger partial charge in [0.15, 0.2) is 0 Å². The van der Waals surface area contributed by atoms with Crippen molar-refractivity contribution in [2.45, 2.75) is 58.2 Å². The maximum atomic E-state index is 14.3. The number of methoxy groups -OCH3 is 1. The van der Waals surface area contributed by atoms with Crippen LogP contribution in [-0.2, 0) is 27.2 Å². The smallest absolute Gasteiger partial charge is 0.408 e. The summed E-state index contributed by atoms with van der Waals surface area (Å²) in [6, 6.07) is 18.1. The number of carbonyl (C=O) groups excluding carboxylic acids is 3. The van der Waals surface area contributed by atoms with E-state index < -0.39 is 42.2 Å². The molecule has 0 aromatic heterocycles. The fourth-order valence-electron chi connectivity index (χ4n) is 4.49. The Morgan fingerprint density at radius 3 is 2.05 bits per heavy atom. The number of amides is 3. The zero-order valence-corrected chi connectivity index (χ0v) is 25.3. The first-order valence-corrected chi connectivity index (χ1v) is 14.2. The summed E-state index contributed by atoms with van der Waals surface area (Å²) in [6.07, 6.45) is 0.0266. The van der Waals surface area contributed by atoms with Gasteiger partial charge in [0.1, 0.15) is 29.2 Å². The minimum absolute atomic E-state index is 0.0435. The molecule has 2 atom stereocenters. The molecule has 0 radical (unpaired) electrons. The number of aromatic hydroxyl groups is 1. The molecular formula is C33H41N3O7. The second-order valence-electron chi connectivity index (χ2n) is 11.0. The molecule has 0 aliphatic heterocycles. The van der Waals surface area contributed by atoms with Crippen LogP contribution >= 0.6 is 0 Å². The lowest BCUT2D eigenvalue weighted by atomic mass is 9.99. The second kappa shape index (κ2) is 15.1. The van der Waals surface area contributed by atoms with Crippen LogP contribution in [0.4, 0.5) is 10.5 Å². The highest BCUT2D eigenvalue weighted by Crippen LogP contribution is 2.26. The highest BCUT2D eigenvalue weighted by atomic mass is 16.6. The predicted molar refractivity (Wildman–Crippen MR) is 164 cm³/mol. The van der Waals surface area contributed by atoms with Gasteiger partial charge in [-0.1, -0.05) is 43.3 Å². The van der Waals surface area contributed by atoms with Gasteiger partial charge in [0.05, 0.1) is 13.7 Å². The molecule has 10 nitrogen and oxygen atoms in total. The topological polar surface area (TPSA) is 137 Å². The minimum Gasteiger partial charge on any atom is -0.508 e. The van der Waals surface area contributed by atoms with E-state index in [-0.39, 0.29) is 18.7 Å². The molecule has 2 unspecified atom stereocenters. The lowest BCUT2D eigenvalue weighted by Gasteiger charge is -2.34. The molecule has 0 heterocycles. The first-order chi connectivity index (χ1) is 20.4. The zero-order valence-electron chi connectivity index (χ0n) is 25.3. The number of phenols is 1. The summed E-state index contributed by atoms with van der Waals surface area (Å²) in [4.78, 5) is 42.3. The molecule has 0 aliphatic rings.